The molecular weight excluding hydrogens is 208 g/mol. The predicted molar refractivity (Wildman–Crippen MR) is 29.6 cm³/mol. The van der Waals surface area contributed by atoms with Crippen LogP contribution in [0.5, 0.6) is 0 Å². The van der Waals surface area contributed by atoms with E-state index in [4.69, 9.17) is 9.79 Å². The van der Waals surface area contributed by atoms with Crippen LogP contribution in [0, 0.1) is 0 Å². The molecule has 0 aromatic heterocycles. The maximum absolute atomic E-state index is 11.8. The zero-order chi connectivity index (χ0) is 9.07. The van der Waals surface area contributed by atoms with Gasteiger partial charge in [-0.25, -0.2) is 9.05 Å². The van der Waals surface area contributed by atoms with Crippen LogP contribution in [-0.4, -0.2) is 16.1 Å². The predicted octanol–water partition coefficient (Wildman–Crippen LogP) is 0.334. The Morgan fingerprint density at radius 2 is 1.36 bits per heavy atom. The van der Waals surface area contributed by atoms with E-state index in [9.17, 15) is 17.9 Å². The van der Waals surface area contributed by atoms with Crippen molar-refractivity contribution < 1.29 is 36.7 Å². The smallest absolute Gasteiger partial charge is 0.326 e. The molecule has 10 heteroatoms. The highest BCUT2D eigenvalue weighted by atomic mass is 31.1. The fourth-order valence-electron chi connectivity index (χ4n) is 0.224. The van der Waals surface area contributed by atoms with Crippen molar-refractivity contribution in [3.63, 3.8) is 0 Å². The number of hydrogen-bond donors (Lipinski definition) is 2. The van der Waals surface area contributed by atoms with E-state index in [2.05, 4.69) is 9.05 Å². The summed E-state index contributed by atoms with van der Waals surface area (Å²) in [5, 5.41) is 0. The molecule has 68 valence electrons. The van der Waals surface area contributed by atoms with Crippen molar-refractivity contribution in [1.82, 2.24) is 0 Å². The van der Waals surface area contributed by atoms with Gasteiger partial charge in [-0.3, -0.25) is 9.13 Å². The molecule has 2 N–H and O–H groups in total. The van der Waals surface area contributed by atoms with Crippen molar-refractivity contribution in [2.24, 2.45) is 0 Å². The highest BCUT2D eigenvalue weighted by Gasteiger charge is 2.36. The summed E-state index contributed by atoms with van der Waals surface area (Å²) in [5.41, 5.74) is 0. The molecular formula is CH4F2O6P2. The first-order chi connectivity index (χ1) is 4.83. The van der Waals surface area contributed by atoms with Crippen molar-refractivity contribution in [2.75, 3.05) is 0 Å². The van der Waals surface area contributed by atoms with Crippen LogP contribution in [0.1, 0.15) is 0 Å². The Morgan fingerprint density at radius 3 is 1.55 bits per heavy atom. The monoisotopic (exact) mass is 212 g/mol. The average Bonchev–Trinajstić information content (AvgIpc) is 1.53. The third kappa shape index (κ3) is 6.55. The molecule has 0 amide bonds. The van der Waals surface area contributed by atoms with E-state index < -0.39 is 22.8 Å². The maximum atomic E-state index is 11.8. The van der Waals surface area contributed by atoms with Crippen LogP contribution in [0.25, 0.3) is 0 Å². The van der Waals surface area contributed by atoms with Crippen LogP contribution in [0.4, 0.5) is 8.78 Å². The minimum Gasteiger partial charge on any atom is -0.326 e. The van der Waals surface area contributed by atoms with Gasteiger partial charge in [0, 0.05) is 0 Å². The Hall–Kier alpha value is 0.160. The lowest BCUT2D eigenvalue weighted by atomic mass is 11.3. The lowest BCUT2D eigenvalue weighted by molar-refractivity contribution is -0.309. The van der Waals surface area contributed by atoms with Crippen molar-refractivity contribution in [3.8, 4) is 0 Å². The summed E-state index contributed by atoms with van der Waals surface area (Å²) >= 11 is 0. The average molecular weight is 212 g/mol. The van der Waals surface area contributed by atoms with Crippen LogP contribution >= 0.6 is 16.5 Å². The van der Waals surface area contributed by atoms with Crippen LogP contribution in [0.2, 0.25) is 0 Å². The Labute approximate surface area is 60.6 Å². The molecule has 0 saturated heterocycles. The Bertz CT molecular complexity index is 161. The quantitative estimate of drug-likeness (QED) is 0.515. The van der Waals surface area contributed by atoms with Gasteiger partial charge in [-0.1, -0.05) is 0 Å². The fourth-order valence-corrected chi connectivity index (χ4v) is 0.797. The second-order valence-electron chi connectivity index (χ2n) is 1.20. The van der Waals surface area contributed by atoms with E-state index in [0.717, 1.165) is 0 Å². The van der Waals surface area contributed by atoms with Crippen LogP contribution < -0.4 is 0 Å². The van der Waals surface area contributed by atoms with Gasteiger partial charge in [0.15, 0.2) is 0 Å². The first-order valence-electron chi connectivity index (χ1n) is 2.05. The molecule has 0 aromatic rings. The largest absolute Gasteiger partial charge is 0.499 e. The molecule has 6 nitrogen and oxygen atoms in total. The van der Waals surface area contributed by atoms with E-state index >= 15 is 0 Å². The number of rotatable bonds is 4. The van der Waals surface area contributed by atoms with Crippen molar-refractivity contribution in [2.45, 2.75) is 6.29 Å². The lowest BCUT2D eigenvalue weighted by Crippen LogP contribution is -2.17. The van der Waals surface area contributed by atoms with E-state index in [1.54, 1.807) is 0 Å². The molecule has 0 aliphatic rings. The minimum atomic E-state index is -4.49. The Balaban J connectivity index is 3.99. The molecule has 0 saturated carbocycles. The molecule has 2 atom stereocenters. The number of alkyl halides is 2. The lowest BCUT2D eigenvalue weighted by Gasteiger charge is -2.10. The summed E-state index contributed by atoms with van der Waals surface area (Å²) in [7, 11) is -7.79. The third-order valence-corrected chi connectivity index (χ3v) is 1.24. The van der Waals surface area contributed by atoms with Gasteiger partial charge in [0.1, 0.15) is 0 Å². The summed E-state index contributed by atoms with van der Waals surface area (Å²) in [6.07, 6.45) is -4.49. The summed E-state index contributed by atoms with van der Waals surface area (Å²) in [6.45, 7) is 0. The first-order valence-corrected chi connectivity index (χ1v) is 4.58. The van der Waals surface area contributed by atoms with Crippen LogP contribution in [0.3, 0.4) is 0 Å². The van der Waals surface area contributed by atoms with E-state index in [-0.39, 0.29) is 0 Å². The topological polar surface area (TPSA) is 93.1 Å². The fraction of sp³-hybridized carbons (Fsp3) is 1.00. The van der Waals surface area contributed by atoms with E-state index in [1.165, 1.54) is 0 Å². The Morgan fingerprint density at radius 1 is 1.09 bits per heavy atom. The molecule has 11 heavy (non-hydrogen) atoms. The van der Waals surface area contributed by atoms with Gasteiger partial charge in [0.25, 0.3) is 0 Å². The van der Waals surface area contributed by atoms with E-state index in [0.29, 0.717) is 0 Å². The highest BCUT2D eigenvalue weighted by Crippen LogP contribution is 2.36. The normalized spacial score (nSPS) is 17.8. The van der Waals surface area contributed by atoms with E-state index in [1.807, 2.05) is 0 Å². The summed E-state index contributed by atoms with van der Waals surface area (Å²) < 4.78 is 48.8. The van der Waals surface area contributed by atoms with Gasteiger partial charge in [0.2, 0.25) is 0 Å². The van der Waals surface area contributed by atoms with Crippen molar-refractivity contribution >= 4 is 16.5 Å². The SMILES string of the molecule is O=[PH](O)OC(F)(F)O[PH](=O)O. The summed E-state index contributed by atoms with van der Waals surface area (Å²) in [4.78, 5) is 15.6. The van der Waals surface area contributed by atoms with Gasteiger partial charge in [-0.2, -0.15) is 0 Å². The third-order valence-electron chi connectivity index (χ3n) is 0.412. The molecule has 0 spiro atoms. The van der Waals surface area contributed by atoms with Crippen molar-refractivity contribution in [1.29, 1.82) is 0 Å². The molecule has 0 heterocycles. The van der Waals surface area contributed by atoms with Gasteiger partial charge < -0.3 is 9.79 Å². The molecule has 0 bridgehead atoms. The summed E-state index contributed by atoms with van der Waals surface area (Å²) in [6, 6.07) is 0. The van der Waals surface area contributed by atoms with Gasteiger partial charge in [0.05, 0.1) is 0 Å². The van der Waals surface area contributed by atoms with Crippen LogP contribution in [0.15, 0.2) is 0 Å². The molecule has 0 rings (SSSR count). The molecule has 0 aromatic carbocycles. The Kier molecular flexibility index (Phi) is 4.31. The highest BCUT2D eigenvalue weighted by molar-refractivity contribution is 7.32. The zero-order valence-corrected chi connectivity index (χ0v) is 6.78. The second kappa shape index (κ2) is 4.25. The molecule has 2 unspecified atom stereocenters. The zero-order valence-electron chi connectivity index (χ0n) is 4.78. The number of hydrogen-bond acceptors (Lipinski definition) is 4. The second-order valence-corrected chi connectivity index (χ2v) is 2.67. The van der Waals surface area contributed by atoms with Gasteiger partial charge >= 0.3 is 22.8 Å². The van der Waals surface area contributed by atoms with Crippen molar-refractivity contribution in [3.05, 3.63) is 0 Å². The first kappa shape index (κ1) is 11.2. The maximum Gasteiger partial charge on any atom is 0.499 e. The molecule has 0 fully saturated rings. The minimum absolute atomic E-state index is 2.96. The number of halogens is 2. The molecule has 0 aliphatic heterocycles. The van der Waals surface area contributed by atoms with Gasteiger partial charge in [-0.05, 0) is 0 Å². The summed E-state index contributed by atoms with van der Waals surface area (Å²) in [5.74, 6) is 0. The van der Waals surface area contributed by atoms with Crippen LogP contribution in [-0.2, 0) is 18.2 Å². The van der Waals surface area contributed by atoms with Gasteiger partial charge in [-0.15, -0.1) is 8.78 Å². The molecule has 0 aliphatic carbocycles. The molecule has 0 radical (unpaired) electrons. The standard InChI is InChI=1S/CH4F2O6P2/c2-1(3,8-10(4)5)9-11(6)7/h10-11H,(H,4,5)(H,6,7).